The van der Waals surface area contributed by atoms with Crippen molar-refractivity contribution in [1.29, 1.82) is 0 Å². The van der Waals surface area contributed by atoms with Gasteiger partial charge in [-0.3, -0.25) is 4.90 Å². The van der Waals surface area contributed by atoms with Crippen molar-refractivity contribution in [3.05, 3.63) is 71.3 Å². The lowest BCUT2D eigenvalue weighted by Gasteiger charge is -2.18. The zero-order chi connectivity index (χ0) is 14.7. The Morgan fingerprint density at radius 3 is 2.62 bits per heavy atom. The molecule has 0 unspecified atom stereocenters. The van der Waals surface area contributed by atoms with Gasteiger partial charge in [-0.2, -0.15) is 0 Å². The van der Waals surface area contributed by atoms with Gasteiger partial charge in [-0.15, -0.1) is 0 Å². The smallest absolute Gasteiger partial charge is 0.414 e. The third-order valence-corrected chi connectivity index (χ3v) is 3.47. The lowest BCUT2D eigenvalue weighted by Crippen LogP contribution is -2.22. The molecule has 0 aromatic heterocycles. The minimum absolute atomic E-state index is 0.280. The highest BCUT2D eigenvalue weighted by molar-refractivity contribution is 5.90. The van der Waals surface area contributed by atoms with E-state index in [4.69, 9.17) is 4.74 Å². The van der Waals surface area contributed by atoms with Crippen LogP contribution < -0.4 is 0 Å². The van der Waals surface area contributed by atoms with Crippen LogP contribution in [0.15, 0.2) is 54.6 Å². The Bertz CT molecular complexity index is 677. The number of amides is 1. The van der Waals surface area contributed by atoms with Crippen molar-refractivity contribution in [3.63, 3.8) is 0 Å². The third kappa shape index (κ3) is 2.97. The summed E-state index contributed by atoms with van der Waals surface area (Å²) in [4.78, 5) is 13.6. The maximum atomic E-state index is 11.9. The van der Waals surface area contributed by atoms with E-state index in [1.165, 1.54) is 5.56 Å². The molecule has 0 aliphatic carbocycles. The molecular weight excluding hydrogens is 262 g/mol. The van der Waals surface area contributed by atoms with Gasteiger partial charge in [0.15, 0.2) is 0 Å². The highest BCUT2D eigenvalue weighted by Gasteiger charge is 2.26. The van der Waals surface area contributed by atoms with Gasteiger partial charge < -0.3 is 4.74 Å². The first-order valence-electron chi connectivity index (χ1n) is 7.02. The molecule has 1 saturated heterocycles. The van der Waals surface area contributed by atoms with Crippen molar-refractivity contribution < 1.29 is 9.53 Å². The molecule has 1 aliphatic heterocycles. The zero-order valence-corrected chi connectivity index (χ0v) is 12.0. The van der Waals surface area contributed by atoms with E-state index in [0.29, 0.717) is 13.2 Å². The quantitative estimate of drug-likeness (QED) is 0.796. The summed E-state index contributed by atoms with van der Waals surface area (Å²) in [5.41, 5.74) is 4.16. The molecular formula is C18H17NO2. The molecule has 0 spiro atoms. The number of benzene rings is 2. The molecule has 0 saturated carbocycles. The Labute approximate surface area is 124 Å². The summed E-state index contributed by atoms with van der Waals surface area (Å²) in [5, 5.41) is 0. The van der Waals surface area contributed by atoms with E-state index < -0.39 is 0 Å². The Balaban J connectivity index is 2.06. The Morgan fingerprint density at radius 2 is 1.95 bits per heavy atom. The SMILES string of the molecule is Cc1cccc(/C=C(/c2ccccc2)N2CCOC2=O)c1. The highest BCUT2D eigenvalue weighted by atomic mass is 16.6. The minimum atomic E-state index is -0.280. The standard InChI is InChI=1S/C18H17NO2/c1-14-6-5-7-15(12-14)13-17(16-8-3-2-4-9-16)19-10-11-21-18(19)20/h2-9,12-13H,10-11H2,1H3/b17-13-. The summed E-state index contributed by atoms with van der Waals surface area (Å²) in [6, 6.07) is 18.1. The predicted octanol–water partition coefficient (Wildman–Crippen LogP) is 3.95. The zero-order valence-electron chi connectivity index (χ0n) is 12.0. The fraction of sp³-hybridized carbons (Fsp3) is 0.167. The van der Waals surface area contributed by atoms with E-state index in [9.17, 15) is 4.79 Å². The molecule has 2 aromatic carbocycles. The summed E-state index contributed by atoms with van der Waals surface area (Å²) >= 11 is 0. The van der Waals surface area contributed by atoms with Crippen molar-refractivity contribution in [2.45, 2.75) is 6.92 Å². The molecule has 3 nitrogen and oxygen atoms in total. The van der Waals surface area contributed by atoms with Gasteiger partial charge in [-0.25, -0.2) is 4.79 Å². The van der Waals surface area contributed by atoms with Gasteiger partial charge in [0.2, 0.25) is 0 Å². The van der Waals surface area contributed by atoms with E-state index in [0.717, 1.165) is 16.8 Å². The number of hydrogen-bond donors (Lipinski definition) is 0. The lowest BCUT2D eigenvalue weighted by atomic mass is 10.1. The van der Waals surface area contributed by atoms with Gasteiger partial charge in [-0.1, -0.05) is 60.2 Å². The average molecular weight is 279 g/mol. The Kier molecular flexibility index (Phi) is 3.73. The maximum absolute atomic E-state index is 11.9. The number of nitrogens with zero attached hydrogens (tertiary/aromatic N) is 1. The van der Waals surface area contributed by atoms with Crippen LogP contribution in [0.2, 0.25) is 0 Å². The first-order valence-corrected chi connectivity index (χ1v) is 7.02. The van der Waals surface area contributed by atoms with Gasteiger partial charge in [0.05, 0.1) is 12.2 Å². The monoisotopic (exact) mass is 279 g/mol. The van der Waals surface area contributed by atoms with Crippen LogP contribution in [-0.2, 0) is 4.74 Å². The number of cyclic esters (lactones) is 1. The second kappa shape index (κ2) is 5.83. The van der Waals surface area contributed by atoms with Crippen molar-refractivity contribution in [3.8, 4) is 0 Å². The molecule has 1 heterocycles. The van der Waals surface area contributed by atoms with Gasteiger partial charge in [0.1, 0.15) is 6.61 Å². The summed E-state index contributed by atoms with van der Waals surface area (Å²) < 4.78 is 5.08. The fourth-order valence-corrected chi connectivity index (χ4v) is 2.46. The van der Waals surface area contributed by atoms with E-state index in [-0.39, 0.29) is 6.09 Å². The van der Waals surface area contributed by atoms with Gasteiger partial charge in [0, 0.05) is 0 Å². The number of carbonyl (C=O) groups excluding carboxylic acids is 1. The number of carbonyl (C=O) groups is 1. The largest absolute Gasteiger partial charge is 0.447 e. The van der Waals surface area contributed by atoms with Crippen LogP contribution in [-0.4, -0.2) is 24.1 Å². The maximum Gasteiger partial charge on any atom is 0.414 e. The van der Waals surface area contributed by atoms with Crippen LogP contribution in [0.1, 0.15) is 16.7 Å². The summed E-state index contributed by atoms with van der Waals surface area (Å²) in [5.74, 6) is 0. The Hall–Kier alpha value is -2.55. The first kappa shape index (κ1) is 13.4. The first-order chi connectivity index (χ1) is 10.2. The molecule has 1 amide bonds. The van der Waals surface area contributed by atoms with Crippen LogP contribution >= 0.6 is 0 Å². The van der Waals surface area contributed by atoms with Gasteiger partial charge in [0.25, 0.3) is 0 Å². The molecule has 106 valence electrons. The number of rotatable bonds is 3. The molecule has 0 radical (unpaired) electrons. The van der Waals surface area contributed by atoms with Crippen LogP contribution in [0, 0.1) is 6.92 Å². The molecule has 3 rings (SSSR count). The van der Waals surface area contributed by atoms with E-state index in [1.54, 1.807) is 4.90 Å². The van der Waals surface area contributed by atoms with Crippen LogP contribution in [0.4, 0.5) is 4.79 Å². The van der Waals surface area contributed by atoms with Gasteiger partial charge in [-0.05, 0) is 24.1 Å². The molecule has 2 aromatic rings. The number of hydrogen-bond acceptors (Lipinski definition) is 2. The molecule has 3 heteroatoms. The van der Waals surface area contributed by atoms with E-state index in [1.807, 2.05) is 48.5 Å². The van der Waals surface area contributed by atoms with Crippen molar-refractivity contribution >= 4 is 17.9 Å². The fourth-order valence-electron chi connectivity index (χ4n) is 2.46. The summed E-state index contributed by atoms with van der Waals surface area (Å²) in [6.07, 6.45) is 1.76. The number of ether oxygens (including phenoxy) is 1. The van der Waals surface area contributed by atoms with Crippen molar-refractivity contribution in [2.24, 2.45) is 0 Å². The van der Waals surface area contributed by atoms with Crippen LogP contribution in [0.5, 0.6) is 0 Å². The predicted molar refractivity (Wildman–Crippen MR) is 83.5 cm³/mol. The minimum Gasteiger partial charge on any atom is -0.447 e. The van der Waals surface area contributed by atoms with E-state index in [2.05, 4.69) is 19.1 Å². The van der Waals surface area contributed by atoms with Gasteiger partial charge >= 0.3 is 6.09 Å². The van der Waals surface area contributed by atoms with E-state index >= 15 is 0 Å². The summed E-state index contributed by atoms with van der Waals surface area (Å²) in [7, 11) is 0. The Morgan fingerprint density at radius 1 is 1.14 bits per heavy atom. The van der Waals surface area contributed by atoms with Crippen LogP contribution in [0.25, 0.3) is 11.8 Å². The normalized spacial score (nSPS) is 15.2. The molecule has 1 fully saturated rings. The molecule has 0 atom stereocenters. The lowest BCUT2D eigenvalue weighted by molar-refractivity contribution is 0.167. The molecule has 0 N–H and O–H groups in total. The average Bonchev–Trinajstić information content (AvgIpc) is 2.92. The topological polar surface area (TPSA) is 29.5 Å². The number of aryl methyl sites for hydroxylation is 1. The highest BCUT2D eigenvalue weighted by Crippen LogP contribution is 2.25. The second-order valence-corrected chi connectivity index (χ2v) is 5.08. The van der Waals surface area contributed by atoms with Crippen molar-refractivity contribution in [1.82, 2.24) is 4.90 Å². The summed E-state index contributed by atoms with van der Waals surface area (Å²) in [6.45, 7) is 3.09. The molecule has 21 heavy (non-hydrogen) atoms. The molecule has 0 bridgehead atoms. The third-order valence-electron chi connectivity index (χ3n) is 3.47. The second-order valence-electron chi connectivity index (χ2n) is 5.08. The molecule has 1 aliphatic rings. The van der Waals surface area contributed by atoms with Crippen LogP contribution in [0.3, 0.4) is 0 Å². The van der Waals surface area contributed by atoms with Crippen molar-refractivity contribution in [2.75, 3.05) is 13.2 Å².